The van der Waals surface area contributed by atoms with Crippen molar-refractivity contribution in [1.29, 1.82) is 0 Å². The van der Waals surface area contributed by atoms with E-state index in [1.165, 1.54) is 19.2 Å². The fraction of sp³-hybridized carbons (Fsp3) is 0.462. The molecule has 1 unspecified atom stereocenters. The Morgan fingerprint density at radius 3 is 2.61 bits per heavy atom. The van der Waals surface area contributed by atoms with Gasteiger partial charge in [-0.2, -0.15) is 0 Å². The van der Waals surface area contributed by atoms with E-state index >= 15 is 0 Å². The standard InChI is InChI=1S/C13H16FNO3/c1-18-10-4-3-8(7-9(10)14)11(15)13(12(16)17)5-2-6-13/h3-4,7,11H,2,5-6,15H2,1H3,(H,16,17). The Bertz CT molecular complexity index is 471. The van der Waals surface area contributed by atoms with E-state index in [2.05, 4.69) is 0 Å². The van der Waals surface area contributed by atoms with Crippen LogP contribution in [0.5, 0.6) is 5.75 Å². The number of halogens is 1. The monoisotopic (exact) mass is 253 g/mol. The second-order valence-corrected chi connectivity index (χ2v) is 4.69. The Kier molecular flexibility index (Phi) is 3.26. The fourth-order valence-corrected chi connectivity index (χ4v) is 2.41. The summed E-state index contributed by atoms with van der Waals surface area (Å²) in [6.07, 6.45) is 1.92. The minimum Gasteiger partial charge on any atom is -0.494 e. The van der Waals surface area contributed by atoms with Gasteiger partial charge in [0.05, 0.1) is 12.5 Å². The van der Waals surface area contributed by atoms with Crippen LogP contribution in [0.1, 0.15) is 30.9 Å². The van der Waals surface area contributed by atoms with Gasteiger partial charge in [-0.05, 0) is 30.5 Å². The first kappa shape index (κ1) is 12.8. The number of hydrogen-bond donors (Lipinski definition) is 2. The van der Waals surface area contributed by atoms with Gasteiger partial charge in [0.1, 0.15) is 0 Å². The summed E-state index contributed by atoms with van der Waals surface area (Å²) < 4.78 is 18.4. The van der Waals surface area contributed by atoms with Crippen molar-refractivity contribution >= 4 is 5.97 Å². The molecule has 0 amide bonds. The highest BCUT2D eigenvalue weighted by molar-refractivity contribution is 5.77. The number of aliphatic carboxylic acids is 1. The largest absolute Gasteiger partial charge is 0.494 e. The maximum absolute atomic E-state index is 13.6. The Balaban J connectivity index is 2.31. The molecule has 0 aliphatic heterocycles. The fourth-order valence-electron chi connectivity index (χ4n) is 2.41. The normalized spacial score (nSPS) is 18.8. The lowest BCUT2D eigenvalue weighted by molar-refractivity contribution is -0.156. The molecule has 0 bridgehead atoms. The number of ether oxygens (including phenoxy) is 1. The second kappa shape index (κ2) is 4.57. The van der Waals surface area contributed by atoms with E-state index in [0.717, 1.165) is 6.42 Å². The van der Waals surface area contributed by atoms with Crippen molar-refractivity contribution in [3.05, 3.63) is 29.6 Å². The van der Waals surface area contributed by atoms with Crippen molar-refractivity contribution in [2.45, 2.75) is 25.3 Å². The van der Waals surface area contributed by atoms with Crippen molar-refractivity contribution < 1.29 is 19.0 Å². The van der Waals surface area contributed by atoms with Crippen LogP contribution in [0.3, 0.4) is 0 Å². The minimum atomic E-state index is -0.943. The van der Waals surface area contributed by atoms with Crippen LogP contribution in [-0.2, 0) is 4.79 Å². The number of hydrogen-bond acceptors (Lipinski definition) is 3. The lowest BCUT2D eigenvalue weighted by atomic mass is 9.62. The summed E-state index contributed by atoms with van der Waals surface area (Å²) in [4.78, 5) is 11.3. The summed E-state index contributed by atoms with van der Waals surface area (Å²) in [7, 11) is 1.38. The molecule has 18 heavy (non-hydrogen) atoms. The number of benzene rings is 1. The van der Waals surface area contributed by atoms with Crippen LogP contribution in [0.25, 0.3) is 0 Å². The molecule has 0 radical (unpaired) electrons. The Hall–Kier alpha value is -1.62. The smallest absolute Gasteiger partial charge is 0.311 e. The highest BCUT2D eigenvalue weighted by Crippen LogP contribution is 2.49. The van der Waals surface area contributed by atoms with Crippen molar-refractivity contribution in [2.24, 2.45) is 11.1 Å². The lowest BCUT2D eigenvalue weighted by Gasteiger charge is -2.42. The average Bonchev–Trinajstić information content (AvgIpc) is 2.26. The van der Waals surface area contributed by atoms with Crippen molar-refractivity contribution in [2.75, 3.05) is 7.11 Å². The van der Waals surface area contributed by atoms with Crippen LogP contribution < -0.4 is 10.5 Å². The van der Waals surface area contributed by atoms with Crippen molar-refractivity contribution in [1.82, 2.24) is 0 Å². The minimum absolute atomic E-state index is 0.129. The van der Waals surface area contributed by atoms with E-state index in [4.69, 9.17) is 10.5 Å². The van der Waals surface area contributed by atoms with Crippen molar-refractivity contribution in [3.63, 3.8) is 0 Å². The molecule has 1 fully saturated rings. The van der Waals surface area contributed by atoms with Gasteiger partial charge in [-0.3, -0.25) is 4.79 Å². The molecule has 1 aromatic rings. The number of carboxylic acids is 1. The van der Waals surface area contributed by atoms with Crippen LogP contribution in [0.2, 0.25) is 0 Å². The molecule has 0 saturated heterocycles. The van der Waals surface area contributed by atoms with Gasteiger partial charge in [0.15, 0.2) is 11.6 Å². The quantitative estimate of drug-likeness (QED) is 0.861. The third-order valence-corrected chi connectivity index (χ3v) is 3.80. The second-order valence-electron chi connectivity index (χ2n) is 4.69. The van der Waals surface area contributed by atoms with E-state index in [0.29, 0.717) is 18.4 Å². The molecule has 1 atom stereocenters. The summed E-state index contributed by atoms with van der Waals surface area (Å²) >= 11 is 0. The molecule has 4 nitrogen and oxygen atoms in total. The molecule has 1 aliphatic rings. The first-order valence-electron chi connectivity index (χ1n) is 5.83. The van der Waals surface area contributed by atoms with Crippen LogP contribution >= 0.6 is 0 Å². The van der Waals surface area contributed by atoms with Gasteiger partial charge in [-0.25, -0.2) is 4.39 Å². The van der Waals surface area contributed by atoms with Crippen molar-refractivity contribution in [3.8, 4) is 5.75 Å². The van der Waals surface area contributed by atoms with Gasteiger partial charge in [-0.1, -0.05) is 12.5 Å². The molecule has 1 saturated carbocycles. The zero-order valence-electron chi connectivity index (χ0n) is 10.1. The summed E-state index contributed by atoms with van der Waals surface area (Å²) in [6, 6.07) is 3.66. The third kappa shape index (κ3) is 1.84. The zero-order valence-corrected chi connectivity index (χ0v) is 10.1. The first-order valence-corrected chi connectivity index (χ1v) is 5.83. The Morgan fingerprint density at radius 1 is 1.56 bits per heavy atom. The number of rotatable bonds is 4. The number of carbonyl (C=O) groups is 1. The molecule has 1 aromatic carbocycles. The van der Waals surface area contributed by atoms with Gasteiger partial charge in [-0.15, -0.1) is 0 Å². The predicted molar refractivity (Wildman–Crippen MR) is 63.8 cm³/mol. The highest BCUT2D eigenvalue weighted by atomic mass is 19.1. The summed E-state index contributed by atoms with van der Waals surface area (Å²) in [5, 5.41) is 9.29. The maximum atomic E-state index is 13.6. The van der Waals surface area contributed by atoms with Gasteiger partial charge >= 0.3 is 5.97 Å². The molecule has 0 heterocycles. The molecule has 5 heteroatoms. The molecule has 3 N–H and O–H groups in total. The molecular weight excluding hydrogens is 237 g/mol. The topological polar surface area (TPSA) is 72.5 Å². The van der Waals surface area contributed by atoms with Gasteiger partial charge < -0.3 is 15.6 Å². The predicted octanol–water partition coefficient (Wildman–Crippen LogP) is 2.09. The Labute approximate surface area is 105 Å². The van der Waals surface area contributed by atoms with E-state index < -0.39 is 23.2 Å². The number of carboxylic acid groups (broad SMARTS) is 1. The number of nitrogens with two attached hydrogens (primary N) is 1. The van der Waals surface area contributed by atoms with Crippen LogP contribution in [0.4, 0.5) is 4.39 Å². The Morgan fingerprint density at radius 2 is 2.22 bits per heavy atom. The van der Waals surface area contributed by atoms with Gasteiger partial charge in [0, 0.05) is 6.04 Å². The summed E-state index contributed by atoms with van der Waals surface area (Å²) in [5.41, 5.74) is 5.56. The van der Waals surface area contributed by atoms with Crippen LogP contribution in [0, 0.1) is 11.2 Å². The van der Waals surface area contributed by atoms with Gasteiger partial charge in [0.2, 0.25) is 0 Å². The van der Waals surface area contributed by atoms with Crippen LogP contribution in [-0.4, -0.2) is 18.2 Å². The molecular formula is C13H16FNO3. The highest BCUT2D eigenvalue weighted by Gasteiger charge is 2.49. The first-order chi connectivity index (χ1) is 8.51. The molecule has 98 valence electrons. The number of methoxy groups -OCH3 is 1. The molecule has 1 aliphatic carbocycles. The van der Waals surface area contributed by atoms with E-state index in [1.54, 1.807) is 6.07 Å². The molecule has 0 spiro atoms. The van der Waals surface area contributed by atoms with Crippen LogP contribution in [0.15, 0.2) is 18.2 Å². The lowest BCUT2D eigenvalue weighted by Crippen LogP contribution is -2.46. The zero-order chi connectivity index (χ0) is 13.3. The summed E-state index contributed by atoms with van der Waals surface area (Å²) in [5.74, 6) is -1.30. The maximum Gasteiger partial charge on any atom is 0.311 e. The molecule has 0 aromatic heterocycles. The third-order valence-electron chi connectivity index (χ3n) is 3.80. The average molecular weight is 253 g/mol. The van der Waals surface area contributed by atoms with Gasteiger partial charge in [0.25, 0.3) is 0 Å². The SMILES string of the molecule is COc1ccc(C(N)C2(C(=O)O)CCC2)cc1F. The van der Waals surface area contributed by atoms with E-state index in [-0.39, 0.29) is 5.75 Å². The van der Waals surface area contributed by atoms with E-state index in [1.807, 2.05) is 0 Å². The molecule has 2 rings (SSSR count). The summed E-state index contributed by atoms with van der Waals surface area (Å²) in [6.45, 7) is 0. The van der Waals surface area contributed by atoms with E-state index in [9.17, 15) is 14.3 Å².